The normalized spacial score (nSPS) is 21.4. The van der Waals surface area contributed by atoms with Crippen molar-refractivity contribution in [3.63, 3.8) is 0 Å². The molecule has 2 unspecified atom stereocenters. The summed E-state index contributed by atoms with van der Waals surface area (Å²) < 4.78 is 0. The Hall–Kier alpha value is -0.590. The van der Waals surface area contributed by atoms with E-state index in [2.05, 4.69) is 72.9 Å². The highest BCUT2D eigenvalue weighted by Crippen LogP contribution is 2.39. The molecule has 124 valence electrons. The van der Waals surface area contributed by atoms with Crippen molar-refractivity contribution in [1.29, 1.82) is 0 Å². The van der Waals surface area contributed by atoms with Crippen molar-refractivity contribution in [1.82, 2.24) is 20.4 Å². The first-order valence-electron chi connectivity index (χ1n) is 8.08. The highest BCUT2D eigenvalue weighted by atomic mass is 32.2. The first kappa shape index (κ1) is 17.8. The Balaban J connectivity index is 1.95. The fourth-order valence-corrected chi connectivity index (χ4v) is 3.95. The molecule has 0 fully saturated rings. The number of likely N-dealkylation sites (N-methyl/N-ethyl adjacent to an activating group) is 2. The van der Waals surface area contributed by atoms with E-state index in [0.717, 1.165) is 32.6 Å². The van der Waals surface area contributed by atoms with Gasteiger partial charge in [0.1, 0.15) is 0 Å². The lowest BCUT2D eigenvalue weighted by Gasteiger charge is -2.33. The van der Waals surface area contributed by atoms with Gasteiger partial charge in [-0.1, -0.05) is 18.2 Å². The third-order valence-electron chi connectivity index (χ3n) is 3.89. The number of fused-ring (bicyclic) bond motifs is 1. The van der Waals surface area contributed by atoms with Crippen molar-refractivity contribution in [3.8, 4) is 0 Å². The van der Waals surface area contributed by atoms with Gasteiger partial charge in [-0.2, -0.15) is 0 Å². The molecule has 5 heteroatoms. The number of nitrogens with one attached hydrogen (secondary N) is 2. The van der Waals surface area contributed by atoms with E-state index in [-0.39, 0.29) is 0 Å². The highest BCUT2D eigenvalue weighted by molar-refractivity contribution is 8.00. The van der Waals surface area contributed by atoms with Crippen LogP contribution in [0.4, 0.5) is 0 Å². The molecule has 0 saturated heterocycles. The standard InChI is InChI=1S/C17H30N4S/c1-20(2)11-9-18-15-13-17(19-10-12-21(3)4)22-16-8-6-5-7-14(15)16/h5-8,15,17-19H,9-13H2,1-4H3. The first-order chi connectivity index (χ1) is 10.6. The van der Waals surface area contributed by atoms with Crippen molar-refractivity contribution in [2.75, 3.05) is 54.4 Å². The maximum Gasteiger partial charge on any atom is 0.0598 e. The summed E-state index contributed by atoms with van der Waals surface area (Å²) in [5.74, 6) is 0. The minimum atomic E-state index is 0.453. The van der Waals surface area contributed by atoms with E-state index in [0.29, 0.717) is 11.4 Å². The molecule has 1 aliphatic rings. The van der Waals surface area contributed by atoms with Crippen LogP contribution in [0.25, 0.3) is 0 Å². The second-order valence-corrected chi connectivity index (χ2v) is 7.69. The van der Waals surface area contributed by atoms with Crippen LogP contribution in [0.3, 0.4) is 0 Å². The van der Waals surface area contributed by atoms with Crippen LogP contribution in [0.15, 0.2) is 29.2 Å². The molecule has 0 radical (unpaired) electrons. The second kappa shape index (κ2) is 8.89. The number of hydrogen-bond donors (Lipinski definition) is 2. The minimum Gasteiger partial charge on any atom is -0.309 e. The highest BCUT2D eigenvalue weighted by Gasteiger charge is 2.26. The van der Waals surface area contributed by atoms with E-state index in [4.69, 9.17) is 0 Å². The average molecular weight is 323 g/mol. The SMILES string of the molecule is CN(C)CCNC1CC(NCCN(C)C)c2ccccc2S1. The largest absolute Gasteiger partial charge is 0.309 e. The Bertz CT molecular complexity index is 450. The summed E-state index contributed by atoms with van der Waals surface area (Å²) in [5, 5.41) is 7.92. The number of thioether (sulfide) groups is 1. The molecule has 2 rings (SSSR count). The summed E-state index contributed by atoms with van der Waals surface area (Å²) in [7, 11) is 8.49. The van der Waals surface area contributed by atoms with Crippen LogP contribution in [0.2, 0.25) is 0 Å². The summed E-state index contributed by atoms with van der Waals surface area (Å²) in [4.78, 5) is 5.86. The van der Waals surface area contributed by atoms with Gasteiger partial charge >= 0.3 is 0 Å². The van der Waals surface area contributed by atoms with Crippen LogP contribution in [-0.2, 0) is 0 Å². The molecule has 1 aromatic carbocycles. The van der Waals surface area contributed by atoms with Gasteiger partial charge in [0.15, 0.2) is 0 Å². The molecule has 4 nitrogen and oxygen atoms in total. The summed E-state index contributed by atoms with van der Waals surface area (Å²) in [6, 6.07) is 9.27. The Morgan fingerprint density at radius 3 is 2.32 bits per heavy atom. The van der Waals surface area contributed by atoms with Crippen LogP contribution in [-0.4, -0.2) is 69.5 Å². The molecular weight excluding hydrogens is 292 g/mol. The Morgan fingerprint density at radius 2 is 1.64 bits per heavy atom. The number of nitrogens with zero attached hydrogens (tertiary/aromatic N) is 2. The smallest absolute Gasteiger partial charge is 0.0598 e. The zero-order chi connectivity index (χ0) is 15.9. The quantitative estimate of drug-likeness (QED) is 0.763. The number of hydrogen-bond acceptors (Lipinski definition) is 5. The Labute approximate surface area is 139 Å². The van der Waals surface area contributed by atoms with E-state index < -0.39 is 0 Å². The molecule has 0 saturated carbocycles. The molecule has 0 amide bonds. The minimum absolute atomic E-state index is 0.453. The molecule has 0 aliphatic carbocycles. The van der Waals surface area contributed by atoms with Gasteiger partial charge in [-0.3, -0.25) is 0 Å². The summed E-state index contributed by atoms with van der Waals surface area (Å²) in [5.41, 5.74) is 1.46. The van der Waals surface area contributed by atoms with Crippen molar-refractivity contribution in [2.24, 2.45) is 0 Å². The maximum atomic E-state index is 3.73. The van der Waals surface area contributed by atoms with Gasteiger partial charge in [0.25, 0.3) is 0 Å². The van der Waals surface area contributed by atoms with Gasteiger partial charge in [0, 0.05) is 37.1 Å². The summed E-state index contributed by atoms with van der Waals surface area (Å²) >= 11 is 1.97. The predicted molar refractivity (Wildman–Crippen MR) is 96.6 cm³/mol. The van der Waals surface area contributed by atoms with E-state index in [1.54, 1.807) is 0 Å². The van der Waals surface area contributed by atoms with Crippen LogP contribution >= 0.6 is 11.8 Å². The molecule has 1 heterocycles. The fourth-order valence-electron chi connectivity index (χ4n) is 2.65. The lowest BCUT2D eigenvalue weighted by molar-refractivity contribution is 0.363. The Morgan fingerprint density at radius 1 is 1.00 bits per heavy atom. The summed E-state index contributed by atoms with van der Waals surface area (Å²) in [6.07, 6.45) is 1.14. The molecular formula is C17H30N4S. The van der Waals surface area contributed by atoms with E-state index in [9.17, 15) is 0 Å². The zero-order valence-corrected chi connectivity index (χ0v) is 15.1. The average Bonchev–Trinajstić information content (AvgIpc) is 2.46. The zero-order valence-electron chi connectivity index (χ0n) is 14.3. The number of benzene rings is 1. The van der Waals surface area contributed by atoms with Crippen molar-refractivity contribution in [3.05, 3.63) is 29.8 Å². The molecule has 2 N–H and O–H groups in total. The van der Waals surface area contributed by atoms with Crippen LogP contribution < -0.4 is 10.6 Å². The summed E-state index contributed by atoms with van der Waals surface area (Å²) in [6.45, 7) is 4.22. The van der Waals surface area contributed by atoms with Gasteiger partial charge in [-0.15, -0.1) is 11.8 Å². The lowest BCUT2D eigenvalue weighted by atomic mass is 10.0. The van der Waals surface area contributed by atoms with Crippen LogP contribution in [0.1, 0.15) is 18.0 Å². The van der Waals surface area contributed by atoms with Gasteiger partial charge in [-0.05, 0) is 46.2 Å². The lowest BCUT2D eigenvalue weighted by Crippen LogP contribution is -2.39. The van der Waals surface area contributed by atoms with Gasteiger partial charge < -0.3 is 20.4 Å². The van der Waals surface area contributed by atoms with Gasteiger partial charge in [0.05, 0.1) is 5.37 Å². The third-order valence-corrected chi connectivity index (χ3v) is 5.16. The van der Waals surface area contributed by atoms with Crippen LogP contribution in [0.5, 0.6) is 0 Å². The molecule has 2 atom stereocenters. The molecule has 22 heavy (non-hydrogen) atoms. The van der Waals surface area contributed by atoms with E-state index >= 15 is 0 Å². The molecule has 1 aromatic rings. The molecule has 0 bridgehead atoms. The van der Waals surface area contributed by atoms with Crippen molar-refractivity contribution >= 4 is 11.8 Å². The molecule has 0 aromatic heterocycles. The monoisotopic (exact) mass is 322 g/mol. The Kier molecular flexibility index (Phi) is 7.18. The van der Waals surface area contributed by atoms with Crippen LogP contribution in [0, 0.1) is 0 Å². The molecule has 0 spiro atoms. The number of rotatable bonds is 8. The van der Waals surface area contributed by atoms with Crippen molar-refractivity contribution in [2.45, 2.75) is 22.7 Å². The van der Waals surface area contributed by atoms with Gasteiger partial charge in [0.2, 0.25) is 0 Å². The maximum absolute atomic E-state index is 3.73. The van der Waals surface area contributed by atoms with Gasteiger partial charge in [-0.25, -0.2) is 0 Å². The second-order valence-electron chi connectivity index (χ2n) is 6.45. The molecule has 1 aliphatic heterocycles. The first-order valence-corrected chi connectivity index (χ1v) is 8.96. The fraction of sp³-hybridized carbons (Fsp3) is 0.647. The van der Waals surface area contributed by atoms with Crippen molar-refractivity contribution < 1.29 is 0 Å². The topological polar surface area (TPSA) is 30.5 Å². The van der Waals surface area contributed by atoms with E-state index in [1.165, 1.54) is 10.5 Å². The third kappa shape index (κ3) is 5.56. The predicted octanol–water partition coefficient (Wildman–Crippen LogP) is 1.85. The van der Waals surface area contributed by atoms with E-state index in [1.807, 2.05) is 11.8 Å².